The van der Waals surface area contributed by atoms with Gasteiger partial charge in [0.2, 0.25) is 12.4 Å². The molecule has 0 atom stereocenters. The number of halogens is 3. The molecule has 0 saturated carbocycles. The maximum Gasteiger partial charge on any atom is 0.249 e. The largest absolute Gasteiger partial charge is 0.352 e. The minimum atomic E-state index is -1.57. The van der Waals surface area contributed by atoms with E-state index in [0.717, 1.165) is 18.5 Å². The number of amides is 1. The Balaban J connectivity index is 1.77. The lowest BCUT2D eigenvalue weighted by molar-refractivity contribution is -0.118. The number of nitrogens with zero attached hydrogens (tertiary/aromatic N) is 5. The highest BCUT2D eigenvalue weighted by atomic mass is 19.2. The molecule has 3 rings (SSSR count). The Morgan fingerprint density at radius 2 is 1.83 bits per heavy atom. The van der Waals surface area contributed by atoms with E-state index in [1.807, 2.05) is 4.90 Å². The van der Waals surface area contributed by atoms with Gasteiger partial charge in [-0.3, -0.25) is 4.79 Å². The summed E-state index contributed by atoms with van der Waals surface area (Å²) in [6.07, 6.45) is 2.22. The normalized spacial score (nSPS) is 14.6. The molecule has 126 valence electrons. The number of hydrogen-bond acceptors (Lipinski definition) is 6. The van der Waals surface area contributed by atoms with E-state index in [1.54, 1.807) is 4.90 Å². The summed E-state index contributed by atoms with van der Waals surface area (Å²) in [6.45, 7) is 2.23. The van der Waals surface area contributed by atoms with E-state index in [4.69, 9.17) is 0 Å². The first-order valence-corrected chi connectivity index (χ1v) is 7.13. The minimum absolute atomic E-state index is 0.0461. The summed E-state index contributed by atoms with van der Waals surface area (Å²) in [7, 11) is 0. The van der Waals surface area contributed by atoms with Gasteiger partial charge in [-0.25, -0.2) is 13.2 Å². The summed E-state index contributed by atoms with van der Waals surface area (Å²) < 4.78 is 39.9. The van der Waals surface area contributed by atoms with E-state index in [1.165, 1.54) is 6.20 Å². The van der Waals surface area contributed by atoms with Crippen molar-refractivity contribution in [3.8, 4) is 0 Å². The SMILES string of the molecule is O=CN1CCN(c2cnnc(Nc3ccc(F)c(F)c3F)n2)CC1. The maximum absolute atomic E-state index is 13.7. The quantitative estimate of drug-likeness (QED) is 0.669. The fourth-order valence-corrected chi connectivity index (χ4v) is 2.30. The Labute approximate surface area is 135 Å². The molecule has 0 aliphatic carbocycles. The maximum atomic E-state index is 13.7. The van der Waals surface area contributed by atoms with Crippen molar-refractivity contribution in [2.24, 2.45) is 0 Å². The number of carbonyl (C=O) groups excluding carboxylic acids is 1. The zero-order chi connectivity index (χ0) is 17.1. The summed E-state index contributed by atoms with van der Waals surface area (Å²) in [5.41, 5.74) is -0.293. The van der Waals surface area contributed by atoms with Crippen LogP contribution in [-0.4, -0.2) is 52.7 Å². The third-order valence-corrected chi connectivity index (χ3v) is 3.62. The standard InChI is InChI=1S/C14H13F3N6O/c15-9-1-2-10(13(17)12(9)16)19-14-20-11(7-18-21-14)23-5-3-22(8-24)4-6-23/h1-2,7-8H,3-6H2,(H,19,20,21). The monoisotopic (exact) mass is 338 g/mol. The lowest BCUT2D eigenvalue weighted by Crippen LogP contribution is -2.46. The van der Waals surface area contributed by atoms with Crippen LogP contribution in [0.3, 0.4) is 0 Å². The molecular weight excluding hydrogens is 325 g/mol. The molecule has 1 aromatic carbocycles. The molecule has 0 spiro atoms. The van der Waals surface area contributed by atoms with Crippen molar-refractivity contribution in [1.82, 2.24) is 20.1 Å². The molecule has 1 fully saturated rings. The topological polar surface area (TPSA) is 74.2 Å². The van der Waals surface area contributed by atoms with Gasteiger partial charge in [0.15, 0.2) is 23.3 Å². The Bertz CT molecular complexity index is 751. The molecular formula is C14H13F3N6O. The summed E-state index contributed by atoms with van der Waals surface area (Å²) in [5, 5.41) is 9.96. The van der Waals surface area contributed by atoms with Crippen molar-refractivity contribution < 1.29 is 18.0 Å². The predicted octanol–water partition coefficient (Wildman–Crippen LogP) is 1.31. The van der Waals surface area contributed by atoms with Crippen LogP contribution in [0.1, 0.15) is 0 Å². The highest BCUT2D eigenvalue weighted by Gasteiger charge is 2.18. The van der Waals surface area contributed by atoms with Gasteiger partial charge in [0.05, 0.1) is 11.9 Å². The molecule has 1 aliphatic heterocycles. The van der Waals surface area contributed by atoms with Crippen molar-refractivity contribution >= 4 is 23.9 Å². The fourth-order valence-electron chi connectivity index (χ4n) is 2.30. The van der Waals surface area contributed by atoms with Gasteiger partial charge in [0.25, 0.3) is 0 Å². The van der Waals surface area contributed by atoms with Crippen LogP contribution in [0, 0.1) is 17.5 Å². The average Bonchev–Trinajstić information content (AvgIpc) is 2.62. The third-order valence-electron chi connectivity index (χ3n) is 3.62. The Hall–Kier alpha value is -2.91. The van der Waals surface area contributed by atoms with Gasteiger partial charge in [0.1, 0.15) is 0 Å². The molecule has 1 aromatic heterocycles. The minimum Gasteiger partial charge on any atom is -0.352 e. The third kappa shape index (κ3) is 3.21. The summed E-state index contributed by atoms with van der Waals surface area (Å²) in [4.78, 5) is 18.4. The molecule has 1 N–H and O–H groups in total. The van der Waals surface area contributed by atoms with Crippen LogP contribution in [0.15, 0.2) is 18.3 Å². The lowest BCUT2D eigenvalue weighted by atomic mass is 10.3. The van der Waals surface area contributed by atoms with Crippen LogP contribution in [0.25, 0.3) is 0 Å². The van der Waals surface area contributed by atoms with Crippen molar-refractivity contribution in [3.63, 3.8) is 0 Å². The number of carbonyl (C=O) groups is 1. The van der Waals surface area contributed by atoms with Gasteiger partial charge in [-0.15, -0.1) is 5.10 Å². The molecule has 2 heterocycles. The lowest BCUT2D eigenvalue weighted by Gasteiger charge is -2.33. The molecule has 10 heteroatoms. The van der Waals surface area contributed by atoms with E-state index in [0.29, 0.717) is 32.0 Å². The second-order valence-electron chi connectivity index (χ2n) is 5.11. The molecule has 7 nitrogen and oxygen atoms in total. The van der Waals surface area contributed by atoms with Crippen LogP contribution < -0.4 is 10.2 Å². The van der Waals surface area contributed by atoms with Crippen molar-refractivity contribution in [3.05, 3.63) is 35.8 Å². The van der Waals surface area contributed by atoms with E-state index >= 15 is 0 Å². The fraction of sp³-hybridized carbons (Fsp3) is 0.286. The zero-order valence-electron chi connectivity index (χ0n) is 12.4. The second kappa shape index (κ2) is 6.69. The molecule has 0 unspecified atom stereocenters. The predicted molar refractivity (Wildman–Crippen MR) is 79.3 cm³/mol. The molecule has 2 aromatic rings. The number of hydrogen-bond donors (Lipinski definition) is 1. The Kier molecular flexibility index (Phi) is 4.45. The first-order chi connectivity index (χ1) is 11.6. The van der Waals surface area contributed by atoms with E-state index in [2.05, 4.69) is 20.5 Å². The van der Waals surface area contributed by atoms with E-state index in [9.17, 15) is 18.0 Å². The molecule has 0 radical (unpaired) electrons. The van der Waals surface area contributed by atoms with Crippen LogP contribution >= 0.6 is 0 Å². The first-order valence-electron chi connectivity index (χ1n) is 7.13. The van der Waals surface area contributed by atoms with E-state index < -0.39 is 17.5 Å². The van der Waals surface area contributed by atoms with Gasteiger partial charge < -0.3 is 15.1 Å². The van der Waals surface area contributed by atoms with E-state index in [-0.39, 0.29) is 11.6 Å². The van der Waals surface area contributed by atoms with Crippen molar-refractivity contribution in [2.75, 3.05) is 36.4 Å². The van der Waals surface area contributed by atoms with Gasteiger partial charge in [-0.1, -0.05) is 0 Å². The van der Waals surface area contributed by atoms with Gasteiger partial charge in [0, 0.05) is 26.2 Å². The number of rotatable bonds is 4. The van der Waals surface area contributed by atoms with Crippen molar-refractivity contribution in [1.29, 1.82) is 0 Å². The Morgan fingerprint density at radius 1 is 1.08 bits per heavy atom. The summed E-state index contributed by atoms with van der Waals surface area (Å²) in [6, 6.07) is 1.85. The van der Waals surface area contributed by atoms with Gasteiger partial charge in [-0.2, -0.15) is 10.1 Å². The molecule has 1 amide bonds. The second-order valence-corrected chi connectivity index (χ2v) is 5.11. The zero-order valence-corrected chi connectivity index (χ0v) is 12.4. The summed E-state index contributed by atoms with van der Waals surface area (Å²) in [5.74, 6) is -3.77. The van der Waals surface area contributed by atoms with Crippen LogP contribution in [0.5, 0.6) is 0 Å². The average molecular weight is 338 g/mol. The van der Waals surface area contributed by atoms with Crippen LogP contribution in [0.2, 0.25) is 0 Å². The smallest absolute Gasteiger partial charge is 0.249 e. The highest BCUT2D eigenvalue weighted by molar-refractivity contribution is 5.55. The number of nitrogens with one attached hydrogen (secondary N) is 1. The number of benzene rings is 1. The highest BCUT2D eigenvalue weighted by Crippen LogP contribution is 2.22. The number of anilines is 3. The number of aromatic nitrogens is 3. The Morgan fingerprint density at radius 3 is 2.54 bits per heavy atom. The van der Waals surface area contributed by atoms with Crippen molar-refractivity contribution in [2.45, 2.75) is 0 Å². The molecule has 24 heavy (non-hydrogen) atoms. The van der Waals surface area contributed by atoms with Crippen LogP contribution in [-0.2, 0) is 4.79 Å². The first kappa shape index (κ1) is 16.0. The van der Waals surface area contributed by atoms with Gasteiger partial charge in [-0.05, 0) is 12.1 Å². The molecule has 0 bridgehead atoms. The van der Waals surface area contributed by atoms with Crippen LogP contribution in [0.4, 0.5) is 30.6 Å². The summed E-state index contributed by atoms with van der Waals surface area (Å²) >= 11 is 0. The number of piperazine rings is 1. The van der Waals surface area contributed by atoms with Gasteiger partial charge >= 0.3 is 0 Å². The molecule has 1 aliphatic rings. The molecule has 1 saturated heterocycles.